The van der Waals surface area contributed by atoms with E-state index in [1.807, 2.05) is 0 Å². The van der Waals surface area contributed by atoms with Crippen LogP contribution >= 0.6 is 0 Å². The molecule has 1 unspecified atom stereocenters. The lowest BCUT2D eigenvalue weighted by Gasteiger charge is -2.22. The van der Waals surface area contributed by atoms with Crippen molar-refractivity contribution in [1.82, 2.24) is 5.32 Å². The first-order valence-electron chi connectivity index (χ1n) is 10.2. The maximum absolute atomic E-state index is 12.0. The second-order valence-corrected chi connectivity index (χ2v) is 8.40. The van der Waals surface area contributed by atoms with Crippen molar-refractivity contribution in [2.24, 2.45) is 0 Å². The van der Waals surface area contributed by atoms with Gasteiger partial charge in [0.2, 0.25) is 0 Å². The number of nitrogens with one attached hydrogen (secondary N) is 1. The molecule has 0 saturated carbocycles. The van der Waals surface area contributed by atoms with Crippen molar-refractivity contribution in [3.63, 3.8) is 0 Å². The van der Waals surface area contributed by atoms with E-state index in [2.05, 4.69) is 5.32 Å². The van der Waals surface area contributed by atoms with Gasteiger partial charge in [-0.2, -0.15) is 0 Å². The summed E-state index contributed by atoms with van der Waals surface area (Å²) in [5.41, 5.74) is 0.960. The number of benzene rings is 2. The van der Waals surface area contributed by atoms with E-state index >= 15 is 0 Å². The van der Waals surface area contributed by atoms with Crippen LogP contribution in [0.3, 0.4) is 0 Å². The third-order valence-electron chi connectivity index (χ3n) is 4.47. The Kier molecular flexibility index (Phi) is 8.22. The molecule has 0 spiro atoms. The molecule has 2 aromatic carbocycles. The number of nitrogens with zero attached hydrogens (tertiary/aromatic N) is 1. The van der Waals surface area contributed by atoms with Gasteiger partial charge >= 0.3 is 17.7 Å². The van der Waals surface area contributed by atoms with Crippen LogP contribution in [0.25, 0.3) is 0 Å². The van der Waals surface area contributed by atoms with Crippen LogP contribution in [0.15, 0.2) is 36.4 Å². The number of aryl methyl sites for hydroxylation is 1. The fraction of sp³-hybridized carbons (Fsp3) is 0.391. The average Bonchev–Trinajstić information content (AvgIpc) is 2.70. The number of methoxy groups -OCH3 is 1. The van der Waals surface area contributed by atoms with E-state index in [0.717, 1.165) is 5.56 Å². The smallest absolute Gasteiger partial charge is 0.408 e. The van der Waals surface area contributed by atoms with Crippen LogP contribution in [0, 0.1) is 17.0 Å². The zero-order chi connectivity index (χ0) is 24.8. The molecule has 10 nitrogen and oxygen atoms in total. The number of ether oxygens (including phenoxy) is 3. The van der Waals surface area contributed by atoms with Crippen LogP contribution in [-0.4, -0.2) is 40.8 Å². The molecule has 0 radical (unpaired) electrons. The minimum atomic E-state index is -1.22. The topological polar surface area (TPSA) is 137 Å². The van der Waals surface area contributed by atoms with Crippen LogP contribution in [0.5, 0.6) is 11.5 Å². The number of aliphatic carboxylic acids is 1. The second-order valence-electron chi connectivity index (χ2n) is 8.40. The average molecular weight is 460 g/mol. The molecule has 0 aliphatic rings. The maximum atomic E-state index is 12.0. The minimum absolute atomic E-state index is 0.0176. The summed E-state index contributed by atoms with van der Waals surface area (Å²) < 4.78 is 16.2. The molecular weight excluding hydrogens is 432 g/mol. The Bertz CT molecular complexity index is 1030. The molecule has 10 heteroatoms. The number of carboxylic acid groups (broad SMARTS) is 1. The number of nitro benzene ring substituents is 1. The number of carboxylic acids is 1. The van der Waals surface area contributed by atoms with Crippen LogP contribution in [0.4, 0.5) is 10.5 Å². The Labute approximate surface area is 191 Å². The molecule has 0 bridgehead atoms. The Morgan fingerprint density at radius 3 is 2.39 bits per heavy atom. The van der Waals surface area contributed by atoms with Crippen LogP contribution in [-0.2, 0) is 22.6 Å². The van der Waals surface area contributed by atoms with Crippen molar-refractivity contribution in [3.8, 4) is 11.5 Å². The van der Waals surface area contributed by atoms with Crippen molar-refractivity contribution in [1.29, 1.82) is 0 Å². The van der Waals surface area contributed by atoms with Crippen molar-refractivity contribution < 1.29 is 33.8 Å². The summed E-state index contributed by atoms with van der Waals surface area (Å²) >= 11 is 0. The molecular formula is C23H28N2O8. The van der Waals surface area contributed by atoms with Crippen LogP contribution in [0.1, 0.15) is 37.5 Å². The summed E-state index contributed by atoms with van der Waals surface area (Å²) in [5, 5.41) is 23.2. The molecule has 1 atom stereocenters. The van der Waals surface area contributed by atoms with E-state index in [9.17, 15) is 24.8 Å². The number of carbonyl (C=O) groups is 2. The molecule has 2 N–H and O–H groups in total. The Morgan fingerprint density at radius 1 is 1.15 bits per heavy atom. The zero-order valence-electron chi connectivity index (χ0n) is 19.2. The van der Waals surface area contributed by atoms with Gasteiger partial charge in [-0.25, -0.2) is 9.59 Å². The van der Waals surface area contributed by atoms with Crippen LogP contribution in [0.2, 0.25) is 0 Å². The van der Waals surface area contributed by atoms with Crippen molar-refractivity contribution in [3.05, 3.63) is 63.2 Å². The Balaban J connectivity index is 2.20. The molecule has 0 aliphatic heterocycles. The first kappa shape index (κ1) is 25.4. The van der Waals surface area contributed by atoms with Crippen molar-refractivity contribution >= 4 is 17.7 Å². The highest BCUT2D eigenvalue weighted by molar-refractivity contribution is 5.80. The maximum Gasteiger partial charge on any atom is 0.408 e. The summed E-state index contributed by atoms with van der Waals surface area (Å²) in [6.07, 6.45) is -0.852. The first-order valence-corrected chi connectivity index (χ1v) is 10.2. The van der Waals surface area contributed by atoms with Gasteiger partial charge in [-0.05, 0) is 57.0 Å². The summed E-state index contributed by atoms with van der Waals surface area (Å²) in [7, 11) is 1.47. The molecule has 178 valence electrons. The molecule has 2 aromatic rings. The van der Waals surface area contributed by atoms with Gasteiger partial charge in [0.25, 0.3) is 0 Å². The predicted octanol–water partition coefficient (Wildman–Crippen LogP) is 4.01. The number of amides is 1. The van der Waals surface area contributed by atoms with Gasteiger partial charge in [0.1, 0.15) is 24.0 Å². The summed E-state index contributed by atoms with van der Waals surface area (Å²) in [5.74, 6) is -0.640. The monoisotopic (exact) mass is 460 g/mol. The minimum Gasteiger partial charge on any atom is -0.496 e. The van der Waals surface area contributed by atoms with Gasteiger partial charge in [0, 0.05) is 18.1 Å². The second kappa shape index (κ2) is 10.7. The van der Waals surface area contributed by atoms with Crippen molar-refractivity contribution in [2.75, 3.05) is 7.11 Å². The summed E-state index contributed by atoms with van der Waals surface area (Å²) in [4.78, 5) is 34.5. The van der Waals surface area contributed by atoms with Gasteiger partial charge < -0.3 is 24.6 Å². The Morgan fingerprint density at radius 2 is 1.82 bits per heavy atom. The molecule has 33 heavy (non-hydrogen) atoms. The van der Waals surface area contributed by atoms with E-state index in [1.54, 1.807) is 52.0 Å². The molecule has 0 heterocycles. The highest BCUT2D eigenvalue weighted by Gasteiger charge is 2.25. The first-order chi connectivity index (χ1) is 15.4. The number of rotatable bonds is 9. The zero-order valence-corrected chi connectivity index (χ0v) is 19.2. The fourth-order valence-corrected chi connectivity index (χ4v) is 3.00. The number of hydrogen-bond donors (Lipinski definition) is 2. The highest BCUT2D eigenvalue weighted by atomic mass is 16.6. The van der Waals surface area contributed by atoms with E-state index in [4.69, 9.17) is 14.2 Å². The van der Waals surface area contributed by atoms with Gasteiger partial charge in [-0.1, -0.05) is 12.1 Å². The highest BCUT2D eigenvalue weighted by Crippen LogP contribution is 2.30. The lowest BCUT2D eigenvalue weighted by Crippen LogP contribution is -2.44. The fourth-order valence-electron chi connectivity index (χ4n) is 3.00. The molecule has 0 fully saturated rings. The van der Waals surface area contributed by atoms with E-state index in [1.165, 1.54) is 19.2 Å². The van der Waals surface area contributed by atoms with Gasteiger partial charge in [0.05, 0.1) is 12.0 Å². The third-order valence-corrected chi connectivity index (χ3v) is 4.47. The standard InChI is InChI=1S/C23H28N2O8/c1-14-6-8-20(18(10-14)25(29)30)32-13-16-11-15(7-9-19(16)31-5)12-17(21(26)27)24-22(28)33-23(2,3)4/h6-11,17H,12-13H2,1-5H3,(H,24,28)(H,26,27). The molecule has 0 aliphatic carbocycles. The van der Waals surface area contributed by atoms with Gasteiger partial charge in [-0.3, -0.25) is 10.1 Å². The predicted molar refractivity (Wildman–Crippen MR) is 120 cm³/mol. The van der Waals surface area contributed by atoms with Gasteiger partial charge in [-0.15, -0.1) is 0 Å². The van der Waals surface area contributed by atoms with Crippen molar-refractivity contribution in [2.45, 2.75) is 52.4 Å². The lowest BCUT2D eigenvalue weighted by atomic mass is 10.0. The molecule has 0 saturated heterocycles. The molecule has 1 amide bonds. The molecule has 0 aromatic heterocycles. The summed E-state index contributed by atoms with van der Waals surface area (Å²) in [6, 6.07) is 8.41. The number of carbonyl (C=O) groups excluding carboxylic acids is 1. The quantitative estimate of drug-likeness (QED) is 0.423. The Hall–Kier alpha value is -3.82. The third kappa shape index (κ3) is 7.67. The van der Waals surface area contributed by atoms with E-state index < -0.39 is 28.6 Å². The normalized spacial score (nSPS) is 11.9. The van der Waals surface area contributed by atoms with E-state index in [0.29, 0.717) is 16.9 Å². The lowest BCUT2D eigenvalue weighted by molar-refractivity contribution is -0.386. The van der Waals surface area contributed by atoms with E-state index in [-0.39, 0.29) is 24.5 Å². The number of alkyl carbamates (subject to hydrolysis) is 1. The number of nitro groups is 1. The largest absolute Gasteiger partial charge is 0.496 e. The van der Waals surface area contributed by atoms with Crippen LogP contribution < -0.4 is 14.8 Å². The SMILES string of the molecule is COc1ccc(CC(NC(=O)OC(C)(C)C)C(=O)O)cc1COc1ccc(C)cc1[N+](=O)[O-]. The van der Waals surface area contributed by atoms with Gasteiger partial charge in [0.15, 0.2) is 5.75 Å². The summed E-state index contributed by atoms with van der Waals surface area (Å²) in [6.45, 7) is 6.73. The molecule has 2 rings (SSSR count). The number of hydrogen-bond acceptors (Lipinski definition) is 7.